The van der Waals surface area contributed by atoms with Gasteiger partial charge in [0.15, 0.2) is 5.78 Å². The highest BCUT2D eigenvalue weighted by Gasteiger charge is 2.14. The van der Waals surface area contributed by atoms with Gasteiger partial charge in [0.25, 0.3) is 0 Å². The van der Waals surface area contributed by atoms with Gasteiger partial charge in [0, 0.05) is 23.7 Å². The van der Waals surface area contributed by atoms with Crippen LogP contribution in [-0.2, 0) is 6.42 Å². The van der Waals surface area contributed by atoms with Crippen LogP contribution in [0.4, 0.5) is 10.1 Å². The van der Waals surface area contributed by atoms with E-state index in [9.17, 15) is 9.18 Å². The Labute approximate surface area is 121 Å². The summed E-state index contributed by atoms with van der Waals surface area (Å²) in [7, 11) is 1.52. The molecule has 2 N–H and O–H groups in total. The molecule has 0 spiro atoms. The number of Topliss-reactive ketones (excluding diaryl/α,β-unsaturated/α-hetero) is 1. The minimum atomic E-state index is -0.542. The number of nitrogen functional groups attached to an aromatic ring is 1. The van der Waals surface area contributed by atoms with E-state index in [1.54, 1.807) is 24.3 Å². The molecule has 104 valence electrons. The molecule has 0 heterocycles. The van der Waals surface area contributed by atoms with E-state index in [-0.39, 0.29) is 17.2 Å². The molecule has 0 amide bonds. The van der Waals surface area contributed by atoms with Crippen LogP contribution in [0.25, 0.3) is 0 Å². The third-order valence-electron chi connectivity index (χ3n) is 2.94. The standard InChI is InChI=1S/C15H13ClFNO2/c1-20-10-5-6-11(13(18)8-10)14(19)7-9-3-2-4-12(17)15(9)16/h2-6,8H,7,18H2,1H3. The Bertz CT molecular complexity index is 658. The van der Waals surface area contributed by atoms with Gasteiger partial charge in [0.1, 0.15) is 11.6 Å². The Morgan fingerprint density at radius 1 is 1.35 bits per heavy atom. The van der Waals surface area contributed by atoms with Gasteiger partial charge in [0.2, 0.25) is 0 Å². The first-order valence-corrected chi connectivity index (χ1v) is 6.30. The number of carbonyl (C=O) groups is 1. The van der Waals surface area contributed by atoms with Crippen molar-refractivity contribution in [1.29, 1.82) is 0 Å². The molecule has 2 aromatic carbocycles. The average molecular weight is 294 g/mol. The number of methoxy groups -OCH3 is 1. The van der Waals surface area contributed by atoms with Crippen molar-refractivity contribution < 1.29 is 13.9 Å². The number of benzene rings is 2. The Morgan fingerprint density at radius 3 is 2.75 bits per heavy atom. The van der Waals surface area contributed by atoms with E-state index in [2.05, 4.69) is 0 Å². The van der Waals surface area contributed by atoms with Gasteiger partial charge in [-0.2, -0.15) is 0 Å². The zero-order chi connectivity index (χ0) is 14.7. The molecular formula is C15H13ClFNO2. The number of anilines is 1. The van der Waals surface area contributed by atoms with Crippen molar-refractivity contribution in [1.82, 2.24) is 0 Å². The number of ether oxygens (including phenoxy) is 1. The first-order chi connectivity index (χ1) is 9.52. The number of rotatable bonds is 4. The third-order valence-corrected chi connectivity index (χ3v) is 3.36. The Hall–Kier alpha value is -2.07. The lowest BCUT2D eigenvalue weighted by atomic mass is 10.0. The van der Waals surface area contributed by atoms with Gasteiger partial charge in [-0.25, -0.2) is 4.39 Å². The fourth-order valence-electron chi connectivity index (χ4n) is 1.87. The topological polar surface area (TPSA) is 52.3 Å². The Kier molecular flexibility index (Phi) is 4.25. The molecule has 0 atom stereocenters. The Balaban J connectivity index is 2.26. The summed E-state index contributed by atoms with van der Waals surface area (Å²) in [5.74, 6) is -0.194. The van der Waals surface area contributed by atoms with Crippen LogP contribution >= 0.6 is 11.6 Å². The van der Waals surface area contributed by atoms with Crippen LogP contribution in [0.2, 0.25) is 5.02 Å². The lowest BCUT2D eigenvalue weighted by molar-refractivity contribution is 0.0994. The van der Waals surface area contributed by atoms with E-state index in [1.807, 2.05) is 0 Å². The minimum Gasteiger partial charge on any atom is -0.497 e. The quantitative estimate of drug-likeness (QED) is 0.693. The van der Waals surface area contributed by atoms with Gasteiger partial charge < -0.3 is 10.5 Å². The zero-order valence-corrected chi connectivity index (χ0v) is 11.6. The average Bonchev–Trinajstić information content (AvgIpc) is 2.43. The van der Waals surface area contributed by atoms with Gasteiger partial charge in [-0.15, -0.1) is 0 Å². The summed E-state index contributed by atoms with van der Waals surface area (Å²) in [4.78, 5) is 12.2. The fourth-order valence-corrected chi connectivity index (χ4v) is 2.07. The number of hydrogen-bond acceptors (Lipinski definition) is 3. The summed E-state index contributed by atoms with van der Waals surface area (Å²) < 4.78 is 18.3. The predicted molar refractivity (Wildman–Crippen MR) is 76.9 cm³/mol. The van der Waals surface area contributed by atoms with Gasteiger partial charge in [-0.05, 0) is 23.8 Å². The number of ketones is 1. The van der Waals surface area contributed by atoms with E-state index in [4.69, 9.17) is 22.1 Å². The molecule has 0 aliphatic carbocycles. The van der Waals surface area contributed by atoms with Crippen molar-refractivity contribution in [3.8, 4) is 5.75 Å². The molecule has 0 aliphatic rings. The second-order valence-corrected chi connectivity index (χ2v) is 4.64. The first kappa shape index (κ1) is 14.3. The van der Waals surface area contributed by atoms with E-state index < -0.39 is 5.82 Å². The summed E-state index contributed by atoms with van der Waals surface area (Å²) in [6, 6.07) is 9.18. The van der Waals surface area contributed by atoms with Crippen molar-refractivity contribution in [2.24, 2.45) is 0 Å². The van der Waals surface area contributed by atoms with Crippen LogP contribution in [0.15, 0.2) is 36.4 Å². The summed E-state index contributed by atoms with van der Waals surface area (Å²) in [6.07, 6.45) is -0.00682. The summed E-state index contributed by atoms with van der Waals surface area (Å²) in [5, 5.41) is -0.0343. The predicted octanol–water partition coefficient (Wildman–Crippen LogP) is 3.50. The van der Waals surface area contributed by atoms with E-state index in [0.29, 0.717) is 22.6 Å². The van der Waals surface area contributed by atoms with Crippen LogP contribution in [0, 0.1) is 5.82 Å². The molecule has 3 nitrogen and oxygen atoms in total. The molecule has 0 saturated heterocycles. The maximum atomic E-state index is 13.3. The summed E-state index contributed by atoms with van der Waals surface area (Å²) in [6.45, 7) is 0. The molecular weight excluding hydrogens is 281 g/mol. The van der Waals surface area contributed by atoms with Crippen LogP contribution in [0.3, 0.4) is 0 Å². The van der Waals surface area contributed by atoms with E-state index >= 15 is 0 Å². The number of carbonyl (C=O) groups excluding carboxylic acids is 1. The number of nitrogens with two attached hydrogens (primary N) is 1. The molecule has 0 aliphatic heterocycles. The van der Waals surface area contributed by atoms with Gasteiger partial charge >= 0.3 is 0 Å². The van der Waals surface area contributed by atoms with Crippen molar-refractivity contribution in [2.75, 3.05) is 12.8 Å². The van der Waals surface area contributed by atoms with E-state index in [0.717, 1.165) is 0 Å². The monoisotopic (exact) mass is 293 g/mol. The molecule has 0 bridgehead atoms. The van der Waals surface area contributed by atoms with Crippen molar-refractivity contribution in [3.63, 3.8) is 0 Å². The fraction of sp³-hybridized carbons (Fsp3) is 0.133. The second-order valence-electron chi connectivity index (χ2n) is 4.27. The van der Waals surface area contributed by atoms with Crippen LogP contribution in [0.1, 0.15) is 15.9 Å². The van der Waals surface area contributed by atoms with Crippen LogP contribution in [0.5, 0.6) is 5.75 Å². The van der Waals surface area contributed by atoms with E-state index in [1.165, 1.54) is 19.2 Å². The summed E-state index contributed by atoms with van der Waals surface area (Å²) in [5.41, 5.74) is 6.94. The molecule has 0 radical (unpaired) electrons. The SMILES string of the molecule is COc1ccc(C(=O)Cc2cccc(F)c2Cl)c(N)c1. The molecule has 5 heteroatoms. The van der Waals surface area contributed by atoms with Crippen molar-refractivity contribution in [2.45, 2.75) is 6.42 Å². The highest BCUT2D eigenvalue weighted by Crippen LogP contribution is 2.24. The van der Waals surface area contributed by atoms with Crippen LogP contribution in [-0.4, -0.2) is 12.9 Å². The lowest BCUT2D eigenvalue weighted by Gasteiger charge is -2.08. The smallest absolute Gasteiger partial charge is 0.169 e. The normalized spacial score (nSPS) is 10.3. The lowest BCUT2D eigenvalue weighted by Crippen LogP contribution is -2.08. The molecule has 0 fully saturated rings. The van der Waals surface area contributed by atoms with Gasteiger partial charge in [-0.1, -0.05) is 23.7 Å². The molecule has 2 rings (SSSR count). The zero-order valence-electron chi connectivity index (χ0n) is 10.8. The highest BCUT2D eigenvalue weighted by molar-refractivity contribution is 6.31. The number of halogens is 2. The van der Waals surface area contributed by atoms with Gasteiger partial charge in [0.05, 0.1) is 12.1 Å². The van der Waals surface area contributed by atoms with Crippen LogP contribution < -0.4 is 10.5 Å². The molecule has 0 aromatic heterocycles. The van der Waals surface area contributed by atoms with Crippen molar-refractivity contribution >= 4 is 23.1 Å². The van der Waals surface area contributed by atoms with Gasteiger partial charge in [-0.3, -0.25) is 4.79 Å². The number of hydrogen-bond donors (Lipinski definition) is 1. The first-order valence-electron chi connectivity index (χ1n) is 5.92. The molecule has 20 heavy (non-hydrogen) atoms. The molecule has 0 saturated carbocycles. The largest absolute Gasteiger partial charge is 0.497 e. The molecule has 2 aromatic rings. The highest BCUT2D eigenvalue weighted by atomic mass is 35.5. The second kappa shape index (κ2) is 5.92. The third kappa shape index (κ3) is 2.91. The summed E-state index contributed by atoms with van der Waals surface area (Å²) >= 11 is 5.83. The maximum absolute atomic E-state index is 13.3. The Morgan fingerprint density at radius 2 is 2.10 bits per heavy atom. The maximum Gasteiger partial charge on any atom is 0.169 e. The minimum absolute atomic E-state index is 0.00682. The molecule has 0 unspecified atom stereocenters. The van der Waals surface area contributed by atoms with Crippen molar-refractivity contribution in [3.05, 3.63) is 58.4 Å².